The molecule has 1 fully saturated rings. The number of H-pyrrole nitrogens is 1. The lowest BCUT2D eigenvalue weighted by molar-refractivity contribution is -0.136. The maximum absolute atomic E-state index is 12.8. The van der Waals surface area contributed by atoms with Gasteiger partial charge in [-0.05, 0) is 50.1 Å². The minimum absolute atomic E-state index is 0.265. The van der Waals surface area contributed by atoms with Gasteiger partial charge in [-0.1, -0.05) is 18.6 Å². The predicted molar refractivity (Wildman–Crippen MR) is 110 cm³/mol. The summed E-state index contributed by atoms with van der Waals surface area (Å²) in [5, 5.41) is 11.4. The number of imidazole rings is 1. The normalized spacial score (nSPS) is 15.2. The number of nitrogens with zero attached hydrogens (tertiary/aromatic N) is 1. The fourth-order valence-corrected chi connectivity index (χ4v) is 4.10. The van der Waals surface area contributed by atoms with Crippen LogP contribution in [-0.4, -0.2) is 32.2 Å². The van der Waals surface area contributed by atoms with Gasteiger partial charge in [0.05, 0.1) is 16.6 Å². The van der Waals surface area contributed by atoms with Gasteiger partial charge in [-0.2, -0.15) is 0 Å². The minimum Gasteiger partial charge on any atom is -0.480 e. The van der Waals surface area contributed by atoms with Crippen molar-refractivity contribution in [1.29, 1.82) is 0 Å². The first kappa shape index (κ1) is 18.6. The summed E-state index contributed by atoms with van der Waals surface area (Å²) in [4.78, 5) is 32.6. The largest absolute Gasteiger partial charge is 0.480 e. The van der Waals surface area contributed by atoms with E-state index in [0.29, 0.717) is 22.1 Å². The molecular formula is C21H21N3O3S. The number of carboxylic acids is 1. The lowest BCUT2D eigenvalue weighted by Crippen LogP contribution is -2.15. The number of aromatic nitrogens is 2. The Morgan fingerprint density at radius 1 is 1.25 bits per heavy atom. The highest BCUT2D eigenvalue weighted by Gasteiger charge is 2.23. The predicted octanol–water partition coefficient (Wildman–Crippen LogP) is 4.65. The third-order valence-electron chi connectivity index (χ3n) is 5.03. The van der Waals surface area contributed by atoms with E-state index in [9.17, 15) is 9.59 Å². The van der Waals surface area contributed by atoms with Crippen LogP contribution in [0.1, 0.15) is 48.3 Å². The summed E-state index contributed by atoms with van der Waals surface area (Å²) in [5.41, 5.74) is 2.93. The molecule has 2 aromatic carbocycles. The zero-order valence-corrected chi connectivity index (χ0v) is 16.3. The molecule has 4 rings (SSSR count). The van der Waals surface area contributed by atoms with Gasteiger partial charge < -0.3 is 15.4 Å². The molecule has 1 aliphatic rings. The standard InChI is InChI=1S/C21H21N3O3S/c1-12(21(26)27)28-18-8-3-2-7-15(18)20(25)22-14-9-10-16-17(11-14)24-19(23-16)13-5-4-6-13/h2-3,7-13H,4-6H2,1H3,(H,22,25)(H,23,24)(H,26,27). The van der Waals surface area contributed by atoms with Crippen LogP contribution in [0.15, 0.2) is 47.4 Å². The number of carbonyl (C=O) groups is 2. The summed E-state index contributed by atoms with van der Waals surface area (Å²) < 4.78 is 0. The van der Waals surface area contributed by atoms with E-state index >= 15 is 0 Å². The van der Waals surface area contributed by atoms with E-state index in [0.717, 1.165) is 28.6 Å². The number of rotatable bonds is 6. The van der Waals surface area contributed by atoms with Crippen molar-refractivity contribution < 1.29 is 14.7 Å². The molecule has 0 aliphatic heterocycles. The molecule has 28 heavy (non-hydrogen) atoms. The fourth-order valence-electron chi connectivity index (χ4n) is 3.18. The molecule has 1 saturated carbocycles. The third-order valence-corrected chi connectivity index (χ3v) is 6.20. The quantitative estimate of drug-likeness (QED) is 0.528. The number of carboxylic acid groups (broad SMARTS) is 1. The number of hydrogen-bond donors (Lipinski definition) is 3. The Labute approximate surface area is 166 Å². The lowest BCUT2D eigenvalue weighted by Gasteiger charge is -2.22. The van der Waals surface area contributed by atoms with Gasteiger partial charge in [0.1, 0.15) is 11.1 Å². The number of carbonyl (C=O) groups excluding carboxylic acids is 1. The van der Waals surface area contributed by atoms with Crippen LogP contribution in [0.3, 0.4) is 0 Å². The van der Waals surface area contributed by atoms with Gasteiger partial charge in [0.15, 0.2) is 0 Å². The molecule has 144 valence electrons. The number of amides is 1. The molecule has 1 amide bonds. The molecule has 1 unspecified atom stereocenters. The highest BCUT2D eigenvalue weighted by atomic mass is 32.2. The number of nitrogens with one attached hydrogen (secondary N) is 2. The van der Waals surface area contributed by atoms with Crippen LogP contribution in [0, 0.1) is 0 Å². The average Bonchev–Trinajstić information content (AvgIpc) is 3.02. The van der Waals surface area contributed by atoms with E-state index in [4.69, 9.17) is 5.11 Å². The number of anilines is 1. The first-order valence-electron chi connectivity index (χ1n) is 9.31. The van der Waals surface area contributed by atoms with Crippen LogP contribution in [0.2, 0.25) is 0 Å². The van der Waals surface area contributed by atoms with E-state index in [1.165, 1.54) is 19.3 Å². The van der Waals surface area contributed by atoms with Crippen LogP contribution < -0.4 is 5.32 Å². The number of hydrogen-bond acceptors (Lipinski definition) is 4. The highest BCUT2D eigenvalue weighted by Crippen LogP contribution is 2.35. The maximum atomic E-state index is 12.8. The zero-order valence-electron chi connectivity index (χ0n) is 15.4. The summed E-state index contributed by atoms with van der Waals surface area (Å²) >= 11 is 1.16. The van der Waals surface area contributed by atoms with Crippen LogP contribution >= 0.6 is 11.8 Å². The van der Waals surface area contributed by atoms with E-state index in [-0.39, 0.29) is 5.91 Å². The van der Waals surface area contributed by atoms with Crippen molar-refractivity contribution in [1.82, 2.24) is 9.97 Å². The molecule has 1 aromatic heterocycles. The van der Waals surface area contributed by atoms with Crippen molar-refractivity contribution in [3.05, 3.63) is 53.9 Å². The molecule has 0 saturated heterocycles. The number of benzene rings is 2. The number of aliphatic carboxylic acids is 1. The molecule has 0 bridgehead atoms. The summed E-state index contributed by atoms with van der Waals surface area (Å²) in [6, 6.07) is 12.7. The van der Waals surface area contributed by atoms with E-state index in [1.807, 2.05) is 18.2 Å². The topological polar surface area (TPSA) is 95.1 Å². The molecule has 6 nitrogen and oxygen atoms in total. The van der Waals surface area contributed by atoms with E-state index < -0.39 is 11.2 Å². The Hall–Kier alpha value is -2.80. The minimum atomic E-state index is -0.910. The van der Waals surface area contributed by atoms with Crippen molar-refractivity contribution in [2.24, 2.45) is 0 Å². The fraction of sp³-hybridized carbons (Fsp3) is 0.286. The molecule has 3 N–H and O–H groups in total. The Kier molecular flexibility index (Phi) is 5.09. The molecule has 0 spiro atoms. The maximum Gasteiger partial charge on any atom is 0.316 e. The first-order valence-corrected chi connectivity index (χ1v) is 10.2. The summed E-state index contributed by atoms with van der Waals surface area (Å²) in [6.07, 6.45) is 3.60. The summed E-state index contributed by atoms with van der Waals surface area (Å²) in [7, 11) is 0. The van der Waals surface area contributed by atoms with Gasteiger partial charge in [0, 0.05) is 16.5 Å². The van der Waals surface area contributed by atoms with Crippen molar-refractivity contribution >= 4 is 40.4 Å². The second-order valence-corrected chi connectivity index (χ2v) is 8.41. The third kappa shape index (κ3) is 3.75. The molecule has 0 radical (unpaired) electrons. The monoisotopic (exact) mass is 395 g/mol. The van der Waals surface area contributed by atoms with Crippen molar-refractivity contribution in [2.45, 2.75) is 42.2 Å². The van der Waals surface area contributed by atoms with Crippen LogP contribution in [-0.2, 0) is 4.79 Å². The van der Waals surface area contributed by atoms with Gasteiger partial charge in [-0.15, -0.1) is 11.8 Å². The summed E-state index contributed by atoms with van der Waals surface area (Å²) in [6.45, 7) is 1.60. The Bertz CT molecular complexity index is 1040. The molecule has 1 aliphatic carbocycles. The van der Waals surface area contributed by atoms with Crippen molar-refractivity contribution in [2.75, 3.05) is 5.32 Å². The number of thioether (sulfide) groups is 1. The number of fused-ring (bicyclic) bond motifs is 1. The van der Waals surface area contributed by atoms with Crippen LogP contribution in [0.25, 0.3) is 11.0 Å². The Balaban J connectivity index is 1.54. The molecule has 1 atom stereocenters. The average molecular weight is 395 g/mol. The first-order chi connectivity index (χ1) is 13.5. The van der Waals surface area contributed by atoms with E-state index in [2.05, 4.69) is 15.3 Å². The van der Waals surface area contributed by atoms with Crippen LogP contribution in [0.5, 0.6) is 0 Å². The molecular weight excluding hydrogens is 374 g/mol. The van der Waals surface area contributed by atoms with E-state index in [1.54, 1.807) is 31.2 Å². The smallest absolute Gasteiger partial charge is 0.316 e. The van der Waals surface area contributed by atoms with Gasteiger partial charge in [0.25, 0.3) is 5.91 Å². The van der Waals surface area contributed by atoms with Gasteiger partial charge in [0.2, 0.25) is 0 Å². The zero-order chi connectivity index (χ0) is 19.7. The SMILES string of the molecule is CC(Sc1ccccc1C(=O)Nc1ccc2nc(C3CCC3)[nH]c2c1)C(=O)O. The van der Waals surface area contributed by atoms with Gasteiger partial charge >= 0.3 is 5.97 Å². The second kappa shape index (κ2) is 7.67. The Morgan fingerprint density at radius 3 is 2.75 bits per heavy atom. The van der Waals surface area contributed by atoms with Gasteiger partial charge in [-0.25, -0.2) is 4.98 Å². The molecule has 3 aromatic rings. The van der Waals surface area contributed by atoms with Crippen molar-refractivity contribution in [3.63, 3.8) is 0 Å². The van der Waals surface area contributed by atoms with Crippen LogP contribution in [0.4, 0.5) is 5.69 Å². The molecule has 1 heterocycles. The van der Waals surface area contributed by atoms with Gasteiger partial charge in [-0.3, -0.25) is 9.59 Å². The number of aromatic amines is 1. The molecule has 7 heteroatoms. The Morgan fingerprint density at radius 2 is 2.04 bits per heavy atom. The highest BCUT2D eigenvalue weighted by molar-refractivity contribution is 8.00. The van der Waals surface area contributed by atoms with Crippen molar-refractivity contribution in [3.8, 4) is 0 Å². The lowest BCUT2D eigenvalue weighted by atomic mass is 9.85. The summed E-state index contributed by atoms with van der Waals surface area (Å²) in [5.74, 6) is 0.366. The second-order valence-electron chi connectivity index (χ2n) is 7.03.